The summed E-state index contributed by atoms with van der Waals surface area (Å²) in [6, 6.07) is 5.48. The first kappa shape index (κ1) is 17.6. The van der Waals surface area contributed by atoms with Gasteiger partial charge in [0.15, 0.2) is 11.5 Å². The fourth-order valence-electron chi connectivity index (χ4n) is 2.26. The molecule has 0 aromatic heterocycles. The summed E-state index contributed by atoms with van der Waals surface area (Å²) in [5, 5.41) is 2.78. The molecule has 1 aromatic carbocycles. The van der Waals surface area contributed by atoms with Crippen molar-refractivity contribution < 1.29 is 22.7 Å². The van der Waals surface area contributed by atoms with Crippen LogP contribution in [0.15, 0.2) is 18.2 Å². The molecule has 0 bridgehead atoms. The summed E-state index contributed by atoms with van der Waals surface area (Å²) in [4.78, 5) is 11.9. The molecule has 0 spiro atoms. The van der Waals surface area contributed by atoms with Crippen molar-refractivity contribution in [2.45, 2.75) is 26.3 Å². The average Bonchev–Trinajstić information content (AvgIpc) is 2.95. The molecular formula is C15H22N2O5S. The first-order valence-corrected chi connectivity index (χ1v) is 9.35. The Morgan fingerprint density at radius 1 is 1.26 bits per heavy atom. The van der Waals surface area contributed by atoms with Crippen LogP contribution < -0.4 is 14.8 Å². The van der Waals surface area contributed by atoms with Gasteiger partial charge in [-0.3, -0.25) is 4.79 Å². The number of carbonyl (C=O) groups is 1. The third kappa shape index (κ3) is 5.11. The van der Waals surface area contributed by atoms with Crippen molar-refractivity contribution in [3.63, 3.8) is 0 Å². The Kier molecular flexibility index (Phi) is 5.84. The number of nitrogens with one attached hydrogen (secondary N) is 1. The molecule has 1 aliphatic heterocycles. The second-order valence-corrected chi connectivity index (χ2v) is 7.36. The topological polar surface area (TPSA) is 84.9 Å². The van der Waals surface area contributed by atoms with Gasteiger partial charge in [-0.05, 0) is 24.1 Å². The van der Waals surface area contributed by atoms with E-state index in [1.807, 2.05) is 19.1 Å². The number of nitrogens with zero attached hydrogens (tertiary/aromatic N) is 1. The van der Waals surface area contributed by atoms with Crippen LogP contribution in [0.2, 0.25) is 0 Å². The molecule has 0 radical (unpaired) electrons. The molecular weight excluding hydrogens is 320 g/mol. The molecule has 0 saturated heterocycles. The molecule has 2 rings (SSSR count). The summed E-state index contributed by atoms with van der Waals surface area (Å²) in [7, 11) is -3.27. The van der Waals surface area contributed by atoms with Crippen molar-refractivity contribution in [1.29, 1.82) is 0 Å². The van der Waals surface area contributed by atoms with Crippen LogP contribution in [0, 0.1) is 0 Å². The highest BCUT2D eigenvalue weighted by molar-refractivity contribution is 7.88. The van der Waals surface area contributed by atoms with Crippen molar-refractivity contribution in [1.82, 2.24) is 9.62 Å². The number of benzene rings is 1. The van der Waals surface area contributed by atoms with Gasteiger partial charge < -0.3 is 14.8 Å². The van der Waals surface area contributed by atoms with Gasteiger partial charge in [-0.1, -0.05) is 13.0 Å². The largest absolute Gasteiger partial charge is 0.454 e. The van der Waals surface area contributed by atoms with E-state index in [4.69, 9.17) is 9.47 Å². The Hall–Kier alpha value is -1.80. The first-order valence-electron chi connectivity index (χ1n) is 7.50. The van der Waals surface area contributed by atoms with E-state index in [2.05, 4.69) is 5.32 Å². The normalized spacial score (nSPS) is 13.3. The highest BCUT2D eigenvalue weighted by atomic mass is 32.2. The van der Waals surface area contributed by atoms with E-state index >= 15 is 0 Å². The van der Waals surface area contributed by atoms with Crippen molar-refractivity contribution in [3.05, 3.63) is 23.8 Å². The zero-order chi connectivity index (χ0) is 16.9. The van der Waals surface area contributed by atoms with Gasteiger partial charge in [-0.25, -0.2) is 12.7 Å². The number of amides is 1. The van der Waals surface area contributed by atoms with E-state index in [9.17, 15) is 13.2 Å². The maximum atomic E-state index is 11.9. The summed E-state index contributed by atoms with van der Waals surface area (Å²) >= 11 is 0. The maximum Gasteiger partial charge on any atom is 0.231 e. The molecule has 1 amide bonds. The van der Waals surface area contributed by atoms with E-state index in [1.165, 1.54) is 4.31 Å². The fraction of sp³-hybridized carbons (Fsp3) is 0.533. The highest BCUT2D eigenvalue weighted by Gasteiger charge is 2.17. The Labute approximate surface area is 136 Å². The summed E-state index contributed by atoms with van der Waals surface area (Å²) < 4.78 is 35.0. The minimum atomic E-state index is -3.27. The Balaban J connectivity index is 1.81. The van der Waals surface area contributed by atoms with Gasteiger partial charge in [0.1, 0.15) is 0 Å². The van der Waals surface area contributed by atoms with Gasteiger partial charge in [0.05, 0.1) is 6.26 Å². The zero-order valence-electron chi connectivity index (χ0n) is 13.4. The van der Waals surface area contributed by atoms with Gasteiger partial charge in [0, 0.05) is 26.1 Å². The van der Waals surface area contributed by atoms with Crippen LogP contribution in [-0.2, 0) is 21.4 Å². The number of fused-ring (bicyclic) bond motifs is 1. The summed E-state index contributed by atoms with van der Waals surface area (Å²) in [6.07, 6.45) is 2.01. The summed E-state index contributed by atoms with van der Waals surface area (Å²) in [5.74, 6) is 1.18. The van der Waals surface area contributed by atoms with Crippen LogP contribution in [-0.4, -0.2) is 44.8 Å². The number of carbonyl (C=O) groups excluding carboxylic acids is 1. The monoisotopic (exact) mass is 342 g/mol. The molecule has 128 valence electrons. The van der Waals surface area contributed by atoms with Gasteiger partial charge >= 0.3 is 0 Å². The van der Waals surface area contributed by atoms with E-state index in [0.717, 1.165) is 11.8 Å². The minimum absolute atomic E-state index is 0.137. The van der Waals surface area contributed by atoms with E-state index < -0.39 is 10.0 Å². The molecule has 23 heavy (non-hydrogen) atoms. The molecule has 1 N–H and O–H groups in total. The second-order valence-electron chi connectivity index (χ2n) is 5.38. The van der Waals surface area contributed by atoms with Gasteiger partial charge in [0.2, 0.25) is 22.7 Å². The van der Waals surface area contributed by atoms with Crippen molar-refractivity contribution in [2.75, 3.05) is 26.1 Å². The maximum absolute atomic E-state index is 11.9. The van der Waals surface area contributed by atoms with Crippen molar-refractivity contribution in [3.8, 4) is 11.5 Å². The molecule has 8 heteroatoms. The summed E-state index contributed by atoms with van der Waals surface area (Å²) in [5.41, 5.74) is 0.899. The van der Waals surface area contributed by atoms with Crippen molar-refractivity contribution in [2.24, 2.45) is 0 Å². The lowest BCUT2D eigenvalue weighted by Gasteiger charge is -2.18. The highest BCUT2D eigenvalue weighted by Crippen LogP contribution is 2.32. The Morgan fingerprint density at radius 3 is 2.70 bits per heavy atom. The predicted octanol–water partition coefficient (Wildman–Crippen LogP) is 1.09. The van der Waals surface area contributed by atoms with E-state index in [-0.39, 0.29) is 25.7 Å². The molecule has 1 aromatic rings. The molecule has 0 unspecified atom stereocenters. The number of ether oxygens (including phenoxy) is 2. The third-order valence-electron chi connectivity index (χ3n) is 3.46. The summed E-state index contributed by atoms with van der Waals surface area (Å²) in [6.45, 7) is 3.10. The quantitative estimate of drug-likeness (QED) is 0.764. The van der Waals surface area contributed by atoms with Crippen LogP contribution in [0.3, 0.4) is 0 Å². The Morgan fingerprint density at radius 2 is 2.00 bits per heavy atom. The minimum Gasteiger partial charge on any atom is -0.454 e. The van der Waals surface area contributed by atoms with Crippen LogP contribution in [0.4, 0.5) is 0 Å². The first-order chi connectivity index (χ1) is 10.9. The second kappa shape index (κ2) is 7.65. The third-order valence-corrected chi connectivity index (χ3v) is 4.76. The van der Waals surface area contributed by atoms with E-state index in [0.29, 0.717) is 31.0 Å². The average molecular weight is 342 g/mol. The van der Waals surface area contributed by atoms with Gasteiger partial charge in [-0.15, -0.1) is 0 Å². The fourth-order valence-corrected chi connectivity index (χ4v) is 3.20. The lowest BCUT2D eigenvalue weighted by atomic mass is 10.2. The van der Waals surface area contributed by atoms with Crippen LogP contribution in [0.5, 0.6) is 11.5 Å². The lowest BCUT2D eigenvalue weighted by Crippen LogP contribution is -2.35. The van der Waals surface area contributed by atoms with Crippen LogP contribution in [0.25, 0.3) is 0 Å². The number of sulfonamides is 1. The van der Waals surface area contributed by atoms with Gasteiger partial charge in [0.25, 0.3) is 0 Å². The smallest absolute Gasteiger partial charge is 0.231 e. The Bertz CT molecular complexity index is 660. The van der Waals surface area contributed by atoms with Gasteiger partial charge in [-0.2, -0.15) is 0 Å². The zero-order valence-corrected chi connectivity index (χ0v) is 14.2. The molecule has 0 atom stereocenters. The standard InChI is InChI=1S/C15H22N2O5S/c1-3-7-17(23(2,19)20)8-6-15(18)16-10-12-4-5-13-14(9-12)22-11-21-13/h4-5,9H,3,6-8,10-11H2,1-2H3,(H,16,18). The SMILES string of the molecule is CCCN(CCC(=O)NCc1ccc2c(c1)OCO2)S(C)(=O)=O. The molecule has 0 saturated carbocycles. The number of hydrogen-bond acceptors (Lipinski definition) is 5. The van der Waals surface area contributed by atoms with Crippen LogP contribution >= 0.6 is 0 Å². The molecule has 1 heterocycles. The lowest BCUT2D eigenvalue weighted by molar-refractivity contribution is -0.121. The number of hydrogen-bond donors (Lipinski definition) is 1. The molecule has 0 fully saturated rings. The number of rotatable bonds is 8. The molecule has 1 aliphatic rings. The molecule has 7 nitrogen and oxygen atoms in total. The van der Waals surface area contributed by atoms with Crippen LogP contribution in [0.1, 0.15) is 25.3 Å². The van der Waals surface area contributed by atoms with Crippen molar-refractivity contribution >= 4 is 15.9 Å². The van der Waals surface area contributed by atoms with E-state index in [1.54, 1.807) is 6.07 Å². The molecule has 0 aliphatic carbocycles. The predicted molar refractivity (Wildman–Crippen MR) is 85.7 cm³/mol.